The average Bonchev–Trinajstić information content (AvgIpc) is 3.10. The summed E-state index contributed by atoms with van der Waals surface area (Å²) in [6, 6.07) is 0. The molecule has 0 saturated carbocycles. The second-order valence-corrected chi connectivity index (χ2v) is 15.0. The number of carbonyl (C=O) groups is 1. The van der Waals surface area contributed by atoms with Crippen molar-refractivity contribution in [2.75, 3.05) is 33.0 Å². The molecule has 0 aliphatic carbocycles. The highest BCUT2D eigenvalue weighted by Crippen LogP contribution is 2.43. The van der Waals surface area contributed by atoms with E-state index in [2.05, 4.69) is 50.3 Å². The number of phosphoric ester groups is 1. The van der Waals surface area contributed by atoms with Crippen LogP contribution in [-0.2, 0) is 27.9 Å². The van der Waals surface area contributed by atoms with E-state index < -0.39 is 13.9 Å². The number of unbranched alkanes of at least 4 members (excludes halogenated alkanes) is 20. The Kier molecular flexibility index (Phi) is 37.9. The molecule has 0 aliphatic heterocycles. The van der Waals surface area contributed by atoms with Gasteiger partial charge in [-0.3, -0.25) is 13.8 Å². The van der Waals surface area contributed by atoms with E-state index in [1.807, 2.05) is 0 Å². The van der Waals surface area contributed by atoms with Crippen molar-refractivity contribution in [1.82, 2.24) is 0 Å². The van der Waals surface area contributed by atoms with Gasteiger partial charge in [-0.2, -0.15) is 0 Å². The topological polar surface area (TPSA) is 117 Å². The summed E-state index contributed by atoms with van der Waals surface area (Å²) < 4.78 is 33.3. The van der Waals surface area contributed by atoms with Gasteiger partial charge < -0.3 is 20.1 Å². The van der Waals surface area contributed by atoms with Crippen molar-refractivity contribution in [1.29, 1.82) is 0 Å². The molecule has 0 heterocycles. The highest BCUT2D eigenvalue weighted by molar-refractivity contribution is 7.47. The van der Waals surface area contributed by atoms with Crippen molar-refractivity contribution in [3.05, 3.63) is 36.5 Å². The Morgan fingerprint density at radius 3 is 1.58 bits per heavy atom. The molecule has 2 atom stereocenters. The fraction of sp³-hybridized carbons (Fsp3) is 0.829. The number of rotatable bonds is 39. The molecule has 0 amide bonds. The average molecular weight is 728 g/mol. The molecule has 0 radical (unpaired) electrons. The van der Waals surface area contributed by atoms with Crippen molar-refractivity contribution in [2.24, 2.45) is 5.73 Å². The van der Waals surface area contributed by atoms with E-state index in [1.165, 1.54) is 103 Å². The maximum atomic E-state index is 12.5. The second kappa shape index (κ2) is 38.9. The standard InChI is InChI=1S/C41H78NO7P/c1-3-5-7-9-11-13-15-16-17-18-19-20-21-22-23-24-25-26-28-30-32-34-41(43)49-40(39-48-50(44,45)47-37-35-42)38-46-36-33-31-29-27-14-12-10-8-6-4-2/h15-16,18-19,21-22,40H,3-14,17,20,23-39,42H2,1-2H3,(H,44,45)/b16-15-,19-18-,22-21-. The molecule has 0 rings (SSSR count). The van der Waals surface area contributed by atoms with Crippen molar-refractivity contribution in [2.45, 2.75) is 187 Å². The molecule has 8 nitrogen and oxygen atoms in total. The number of esters is 1. The smallest absolute Gasteiger partial charge is 0.457 e. The maximum Gasteiger partial charge on any atom is 0.472 e. The Morgan fingerprint density at radius 2 is 1.06 bits per heavy atom. The molecule has 0 aromatic heterocycles. The summed E-state index contributed by atoms with van der Waals surface area (Å²) >= 11 is 0. The Morgan fingerprint density at radius 1 is 0.600 bits per heavy atom. The van der Waals surface area contributed by atoms with Crippen LogP contribution in [-0.4, -0.2) is 49.9 Å². The van der Waals surface area contributed by atoms with Gasteiger partial charge in [0, 0.05) is 19.6 Å². The summed E-state index contributed by atoms with van der Waals surface area (Å²) in [5.41, 5.74) is 5.35. The SMILES string of the molecule is CCCCCCC/C=C\C/C=C\C/C=C\CCCCCCCCC(=O)OC(COCCCCCCCCCCCC)COP(=O)(O)OCCN. The molecular formula is C41H78NO7P. The van der Waals surface area contributed by atoms with Gasteiger partial charge in [0.2, 0.25) is 0 Å². The number of ether oxygens (including phenoxy) is 2. The summed E-state index contributed by atoms with van der Waals surface area (Å²) in [5, 5.41) is 0. The van der Waals surface area contributed by atoms with E-state index in [0.29, 0.717) is 13.0 Å². The van der Waals surface area contributed by atoms with Crippen molar-refractivity contribution < 1.29 is 32.8 Å². The molecule has 3 N–H and O–H groups in total. The van der Waals surface area contributed by atoms with Gasteiger partial charge in [0.05, 0.1) is 19.8 Å². The molecule has 50 heavy (non-hydrogen) atoms. The van der Waals surface area contributed by atoms with Gasteiger partial charge in [0.1, 0.15) is 6.10 Å². The summed E-state index contributed by atoms with van der Waals surface area (Å²) in [5.74, 6) is -0.343. The van der Waals surface area contributed by atoms with Crippen molar-refractivity contribution >= 4 is 13.8 Å². The fourth-order valence-corrected chi connectivity index (χ4v) is 6.30. The van der Waals surface area contributed by atoms with Crippen molar-refractivity contribution in [3.63, 3.8) is 0 Å². The van der Waals surface area contributed by atoms with E-state index in [9.17, 15) is 14.3 Å². The first-order chi connectivity index (χ1) is 24.4. The Bertz CT molecular complexity index is 864. The lowest BCUT2D eigenvalue weighted by atomic mass is 10.1. The summed E-state index contributed by atoms with van der Waals surface area (Å²) in [6.07, 6.45) is 43.0. The molecular weight excluding hydrogens is 649 g/mol. The van der Waals surface area contributed by atoms with E-state index in [1.54, 1.807) is 0 Å². The van der Waals surface area contributed by atoms with Crippen LogP contribution < -0.4 is 5.73 Å². The van der Waals surface area contributed by atoms with Gasteiger partial charge in [-0.05, 0) is 51.4 Å². The highest BCUT2D eigenvalue weighted by Gasteiger charge is 2.25. The first-order valence-corrected chi connectivity index (χ1v) is 22.0. The van der Waals surface area contributed by atoms with Gasteiger partial charge in [-0.15, -0.1) is 0 Å². The molecule has 0 spiro atoms. The number of nitrogens with two attached hydrogens (primary N) is 1. The second-order valence-electron chi connectivity index (χ2n) is 13.5. The third-order valence-electron chi connectivity index (χ3n) is 8.56. The number of phosphoric acid groups is 1. The lowest BCUT2D eigenvalue weighted by Gasteiger charge is -2.20. The summed E-state index contributed by atoms with van der Waals surface area (Å²) in [6.45, 7) is 4.89. The lowest BCUT2D eigenvalue weighted by molar-refractivity contribution is -0.154. The van der Waals surface area contributed by atoms with Gasteiger partial charge >= 0.3 is 13.8 Å². The zero-order chi connectivity index (χ0) is 36.6. The van der Waals surface area contributed by atoms with Crippen LogP contribution in [0.2, 0.25) is 0 Å². The zero-order valence-electron chi connectivity index (χ0n) is 32.4. The third kappa shape index (κ3) is 38.0. The van der Waals surface area contributed by atoms with Crippen LogP contribution >= 0.6 is 7.82 Å². The number of hydrogen-bond donors (Lipinski definition) is 2. The van der Waals surface area contributed by atoms with Crippen LogP contribution in [0.4, 0.5) is 0 Å². The predicted molar refractivity (Wildman–Crippen MR) is 210 cm³/mol. The normalized spacial score (nSPS) is 13.9. The van der Waals surface area contributed by atoms with Crippen molar-refractivity contribution in [3.8, 4) is 0 Å². The minimum Gasteiger partial charge on any atom is -0.457 e. The molecule has 0 bridgehead atoms. The molecule has 0 saturated heterocycles. The Balaban J connectivity index is 4.04. The van der Waals surface area contributed by atoms with Crippen LogP contribution in [0.5, 0.6) is 0 Å². The minimum atomic E-state index is -4.27. The molecule has 2 unspecified atom stereocenters. The van der Waals surface area contributed by atoms with E-state index in [-0.39, 0.29) is 32.3 Å². The van der Waals surface area contributed by atoms with Gasteiger partial charge in [-0.25, -0.2) is 4.57 Å². The summed E-state index contributed by atoms with van der Waals surface area (Å²) in [4.78, 5) is 22.4. The van der Waals surface area contributed by atoms with Gasteiger partial charge in [0.15, 0.2) is 0 Å². The number of allylic oxidation sites excluding steroid dienone is 6. The quantitative estimate of drug-likeness (QED) is 0.0278. The zero-order valence-corrected chi connectivity index (χ0v) is 33.3. The summed E-state index contributed by atoms with van der Waals surface area (Å²) in [7, 11) is -4.27. The van der Waals surface area contributed by atoms with Gasteiger partial charge in [-0.1, -0.05) is 159 Å². The minimum absolute atomic E-state index is 0.0978. The van der Waals surface area contributed by atoms with E-state index in [0.717, 1.165) is 57.8 Å². The van der Waals surface area contributed by atoms with Crippen LogP contribution in [0.25, 0.3) is 0 Å². The monoisotopic (exact) mass is 728 g/mol. The molecule has 0 aromatic rings. The fourth-order valence-electron chi connectivity index (χ4n) is 5.53. The molecule has 0 fully saturated rings. The molecule has 9 heteroatoms. The highest BCUT2D eigenvalue weighted by atomic mass is 31.2. The maximum absolute atomic E-state index is 12.5. The van der Waals surface area contributed by atoms with Gasteiger partial charge in [0.25, 0.3) is 0 Å². The lowest BCUT2D eigenvalue weighted by Crippen LogP contribution is -2.28. The van der Waals surface area contributed by atoms with Crippen LogP contribution in [0, 0.1) is 0 Å². The molecule has 0 aromatic carbocycles. The number of hydrogen-bond acceptors (Lipinski definition) is 7. The van der Waals surface area contributed by atoms with Crippen LogP contribution in [0.1, 0.15) is 181 Å². The van der Waals surface area contributed by atoms with E-state index in [4.69, 9.17) is 24.3 Å². The Labute approximate surface area is 308 Å². The first-order valence-electron chi connectivity index (χ1n) is 20.5. The van der Waals surface area contributed by atoms with Crippen LogP contribution in [0.15, 0.2) is 36.5 Å². The first kappa shape index (κ1) is 48.7. The van der Waals surface area contributed by atoms with Crippen LogP contribution in [0.3, 0.4) is 0 Å². The largest absolute Gasteiger partial charge is 0.472 e. The predicted octanol–water partition coefficient (Wildman–Crippen LogP) is 11.9. The van der Waals surface area contributed by atoms with E-state index >= 15 is 0 Å². The molecule has 294 valence electrons. The number of carbonyl (C=O) groups excluding carboxylic acids is 1. The Hall–Kier alpha value is -1.28. The third-order valence-corrected chi connectivity index (χ3v) is 9.54. The molecule has 0 aliphatic rings.